The summed E-state index contributed by atoms with van der Waals surface area (Å²) in [5.41, 5.74) is 3.17. The fourth-order valence-corrected chi connectivity index (χ4v) is 3.33. The minimum absolute atomic E-state index is 0.00908. The summed E-state index contributed by atoms with van der Waals surface area (Å²) < 4.78 is 0. The zero-order valence-electron chi connectivity index (χ0n) is 15.6. The molecule has 1 fully saturated rings. The number of rotatable bonds is 5. The molecule has 0 spiro atoms. The van der Waals surface area contributed by atoms with Gasteiger partial charge in [0, 0.05) is 18.7 Å². The van der Waals surface area contributed by atoms with Crippen molar-refractivity contribution in [1.82, 2.24) is 5.32 Å². The largest absolute Gasteiger partial charge is 0.349 e. The van der Waals surface area contributed by atoms with Crippen LogP contribution in [0, 0.1) is 5.92 Å². The van der Waals surface area contributed by atoms with Crippen LogP contribution < -0.4 is 10.2 Å². The van der Waals surface area contributed by atoms with Crippen molar-refractivity contribution < 1.29 is 9.59 Å². The molecule has 0 aliphatic carbocycles. The van der Waals surface area contributed by atoms with Gasteiger partial charge in [0.25, 0.3) is 0 Å². The number of benzene rings is 2. The van der Waals surface area contributed by atoms with Gasteiger partial charge in [-0.2, -0.15) is 0 Å². The van der Waals surface area contributed by atoms with Gasteiger partial charge >= 0.3 is 0 Å². The van der Waals surface area contributed by atoms with Crippen LogP contribution >= 0.6 is 0 Å². The van der Waals surface area contributed by atoms with Gasteiger partial charge in [-0.3, -0.25) is 9.59 Å². The third-order valence-corrected chi connectivity index (χ3v) is 5.03. The van der Waals surface area contributed by atoms with Crippen molar-refractivity contribution in [2.45, 2.75) is 39.2 Å². The second-order valence-electron chi connectivity index (χ2n) is 7.29. The molecule has 1 aliphatic heterocycles. The van der Waals surface area contributed by atoms with E-state index in [0.29, 0.717) is 12.5 Å². The Morgan fingerprint density at radius 2 is 1.65 bits per heavy atom. The molecular weight excluding hydrogens is 324 g/mol. The van der Waals surface area contributed by atoms with Gasteiger partial charge in [0.15, 0.2) is 0 Å². The van der Waals surface area contributed by atoms with Crippen LogP contribution in [-0.4, -0.2) is 18.4 Å². The predicted molar refractivity (Wildman–Crippen MR) is 104 cm³/mol. The summed E-state index contributed by atoms with van der Waals surface area (Å²) in [7, 11) is 0. The molecule has 0 radical (unpaired) electrons. The van der Waals surface area contributed by atoms with Gasteiger partial charge in [-0.15, -0.1) is 0 Å². The monoisotopic (exact) mass is 350 g/mol. The second-order valence-corrected chi connectivity index (χ2v) is 7.29. The first-order chi connectivity index (χ1) is 12.5. The lowest BCUT2D eigenvalue weighted by Gasteiger charge is -2.19. The maximum atomic E-state index is 12.6. The number of anilines is 1. The summed E-state index contributed by atoms with van der Waals surface area (Å²) >= 11 is 0. The van der Waals surface area contributed by atoms with Crippen LogP contribution in [0.25, 0.3) is 0 Å². The highest BCUT2D eigenvalue weighted by atomic mass is 16.2. The Kier molecular flexibility index (Phi) is 5.40. The summed E-state index contributed by atoms with van der Waals surface area (Å²) in [5, 5.41) is 3.04. The fraction of sp³-hybridized carbons (Fsp3) is 0.364. The highest BCUT2D eigenvalue weighted by molar-refractivity contribution is 6.00. The molecule has 0 saturated carbocycles. The lowest BCUT2D eigenvalue weighted by molar-refractivity contribution is -0.126. The molecule has 4 nitrogen and oxygen atoms in total. The van der Waals surface area contributed by atoms with Gasteiger partial charge in [-0.05, 0) is 36.1 Å². The number of hydrogen-bond donors (Lipinski definition) is 1. The molecule has 0 aromatic heterocycles. The molecular formula is C22H26N2O2. The molecule has 3 rings (SSSR count). The van der Waals surface area contributed by atoms with Gasteiger partial charge in [0.1, 0.15) is 0 Å². The summed E-state index contributed by atoms with van der Waals surface area (Å²) in [4.78, 5) is 26.7. The van der Waals surface area contributed by atoms with E-state index in [2.05, 4.69) is 31.3 Å². The van der Waals surface area contributed by atoms with Crippen molar-refractivity contribution in [2.75, 3.05) is 11.4 Å². The van der Waals surface area contributed by atoms with Crippen molar-refractivity contribution in [3.05, 3.63) is 65.7 Å². The van der Waals surface area contributed by atoms with Gasteiger partial charge in [0.2, 0.25) is 11.8 Å². The average molecular weight is 350 g/mol. The SMILES string of the molecule is CC(C)c1ccc(N2CC(C(=O)NC(C)c3ccccc3)CC2=O)cc1. The Hall–Kier alpha value is -2.62. The van der Waals surface area contributed by atoms with E-state index < -0.39 is 0 Å². The smallest absolute Gasteiger partial charge is 0.227 e. The molecule has 26 heavy (non-hydrogen) atoms. The lowest BCUT2D eigenvalue weighted by atomic mass is 10.0. The maximum Gasteiger partial charge on any atom is 0.227 e. The molecule has 4 heteroatoms. The number of amides is 2. The van der Waals surface area contributed by atoms with Crippen LogP contribution in [0.3, 0.4) is 0 Å². The molecule has 2 aromatic carbocycles. The van der Waals surface area contributed by atoms with Crippen LogP contribution in [0.2, 0.25) is 0 Å². The molecule has 2 aromatic rings. The second kappa shape index (κ2) is 7.73. The first kappa shape index (κ1) is 18.2. The summed E-state index contributed by atoms with van der Waals surface area (Å²) in [6.45, 7) is 6.69. The minimum atomic E-state index is -0.307. The van der Waals surface area contributed by atoms with E-state index in [1.807, 2.05) is 49.4 Å². The standard InChI is InChI=1S/C22H26N2O2/c1-15(2)17-9-11-20(12-10-17)24-14-19(13-21(24)25)22(26)23-16(3)18-7-5-4-6-8-18/h4-12,15-16,19H,13-14H2,1-3H3,(H,23,26). The summed E-state index contributed by atoms with van der Waals surface area (Å²) in [5.74, 6) is 0.0978. The predicted octanol–water partition coefficient (Wildman–Crippen LogP) is 4.04. The lowest BCUT2D eigenvalue weighted by Crippen LogP contribution is -2.34. The third-order valence-electron chi connectivity index (χ3n) is 5.03. The zero-order chi connectivity index (χ0) is 18.7. The summed E-state index contributed by atoms with van der Waals surface area (Å²) in [6.07, 6.45) is 0.263. The summed E-state index contributed by atoms with van der Waals surface area (Å²) in [6, 6.07) is 17.8. The minimum Gasteiger partial charge on any atom is -0.349 e. The molecule has 2 atom stereocenters. The van der Waals surface area contributed by atoms with Crippen LogP contribution in [0.1, 0.15) is 50.3 Å². The molecule has 2 unspecified atom stereocenters. The Labute approximate surface area is 155 Å². The van der Waals surface area contributed by atoms with E-state index in [4.69, 9.17) is 0 Å². The molecule has 1 aliphatic rings. The van der Waals surface area contributed by atoms with Crippen LogP contribution in [0.5, 0.6) is 0 Å². The van der Waals surface area contributed by atoms with Gasteiger partial charge < -0.3 is 10.2 Å². The quantitative estimate of drug-likeness (QED) is 0.885. The number of hydrogen-bond acceptors (Lipinski definition) is 2. The normalized spacial score (nSPS) is 18.2. The van der Waals surface area contributed by atoms with Crippen molar-refractivity contribution in [3.8, 4) is 0 Å². The molecule has 1 N–H and O–H groups in total. The van der Waals surface area contributed by atoms with Crippen LogP contribution in [-0.2, 0) is 9.59 Å². The van der Waals surface area contributed by atoms with Gasteiger partial charge in [-0.25, -0.2) is 0 Å². The highest BCUT2D eigenvalue weighted by Crippen LogP contribution is 2.27. The average Bonchev–Trinajstić information content (AvgIpc) is 3.04. The van der Waals surface area contributed by atoms with E-state index in [1.54, 1.807) is 4.90 Å². The Bertz CT molecular complexity index is 768. The third kappa shape index (κ3) is 3.96. The van der Waals surface area contributed by atoms with Gasteiger partial charge in [-0.1, -0.05) is 56.3 Å². The van der Waals surface area contributed by atoms with E-state index >= 15 is 0 Å². The molecule has 136 valence electrons. The maximum absolute atomic E-state index is 12.6. The topological polar surface area (TPSA) is 49.4 Å². The van der Waals surface area contributed by atoms with Crippen molar-refractivity contribution >= 4 is 17.5 Å². The van der Waals surface area contributed by atoms with Gasteiger partial charge in [0.05, 0.1) is 12.0 Å². The van der Waals surface area contributed by atoms with E-state index in [9.17, 15) is 9.59 Å². The number of carbonyl (C=O) groups excluding carboxylic acids is 2. The highest BCUT2D eigenvalue weighted by Gasteiger charge is 2.35. The zero-order valence-corrected chi connectivity index (χ0v) is 15.6. The first-order valence-electron chi connectivity index (χ1n) is 9.21. The Balaban J connectivity index is 1.64. The van der Waals surface area contributed by atoms with Crippen molar-refractivity contribution in [3.63, 3.8) is 0 Å². The molecule has 1 saturated heterocycles. The number of nitrogens with zero attached hydrogens (tertiary/aromatic N) is 1. The fourth-order valence-electron chi connectivity index (χ4n) is 3.33. The van der Waals surface area contributed by atoms with Crippen LogP contribution in [0.15, 0.2) is 54.6 Å². The van der Waals surface area contributed by atoms with E-state index in [0.717, 1.165) is 11.3 Å². The van der Waals surface area contributed by atoms with Crippen LogP contribution in [0.4, 0.5) is 5.69 Å². The molecule has 1 heterocycles. The Morgan fingerprint density at radius 1 is 1.00 bits per heavy atom. The first-order valence-corrected chi connectivity index (χ1v) is 9.21. The van der Waals surface area contributed by atoms with Crippen molar-refractivity contribution in [2.24, 2.45) is 5.92 Å². The Morgan fingerprint density at radius 3 is 2.27 bits per heavy atom. The molecule has 2 amide bonds. The van der Waals surface area contributed by atoms with E-state index in [1.165, 1.54) is 5.56 Å². The van der Waals surface area contributed by atoms with Crippen molar-refractivity contribution in [1.29, 1.82) is 0 Å². The van der Waals surface area contributed by atoms with E-state index in [-0.39, 0.29) is 30.2 Å². The molecule has 0 bridgehead atoms. The number of carbonyl (C=O) groups is 2. The number of nitrogens with one attached hydrogen (secondary N) is 1.